The summed E-state index contributed by atoms with van der Waals surface area (Å²) in [5.74, 6) is -2.52. The number of halogens is 1. The lowest BCUT2D eigenvalue weighted by Gasteiger charge is -2.02. The highest BCUT2D eigenvalue weighted by Crippen LogP contribution is 2.21. The Morgan fingerprint density at radius 1 is 1.15 bits per heavy atom. The number of aromatic nitrogens is 2. The van der Waals surface area contributed by atoms with E-state index >= 15 is 0 Å². The quantitative estimate of drug-likeness (QED) is 0.437. The minimum Gasteiger partial charge on any atom is -0.507 e. The molecule has 0 aliphatic rings. The van der Waals surface area contributed by atoms with Crippen molar-refractivity contribution in [2.24, 2.45) is 0 Å². The molecule has 1 aromatic heterocycles. The molecule has 3 rings (SSSR count). The van der Waals surface area contributed by atoms with Crippen molar-refractivity contribution in [3.63, 3.8) is 0 Å². The third-order valence-corrected chi connectivity index (χ3v) is 3.56. The molecule has 0 aliphatic heterocycles. The summed E-state index contributed by atoms with van der Waals surface area (Å²) in [7, 11) is 0. The number of aromatic hydroxyl groups is 1. The molecular weight excluding hydrogens is 345 g/mol. The number of hydrogen-bond acceptors (Lipinski definition) is 6. The fourth-order valence-electron chi connectivity index (χ4n) is 2.28. The second-order valence-electron chi connectivity index (χ2n) is 5.28. The first-order valence-electron chi connectivity index (χ1n) is 7.24. The number of carbonyl (C=O) groups excluding carboxylic acids is 2. The van der Waals surface area contributed by atoms with Crippen molar-refractivity contribution in [3.05, 3.63) is 87.5 Å². The topological polar surface area (TPSA) is 115 Å². The zero-order chi connectivity index (χ0) is 18.8. The van der Waals surface area contributed by atoms with Gasteiger partial charge in [-0.05, 0) is 24.3 Å². The molecule has 3 aromatic rings. The van der Waals surface area contributed by atoms with Gasteiger partial charge >= 0.3 is 0 Å². The molecule has 2 aromatic carbocycles. The van der Waals surface area contributed by atoms with Crippen molar-refractivity contribution in [1.29, 1.82) is 0 Å². The average Bonchev–Trinajstić information content (AvgIpc) is 3.12. The molecule has 0 fully saturated rings. The van der Waals surface area contributed by atoms with Gasteiger partial charge in [-0.2, -0.15) is 5.10 Å². The van der Waals surface area contributed by atoms with Crippen LogP contribution in [0.2, 0.25) is 0 Å². The lowest BCUT2D eigenvalue weighted by Crippen LogP contribution is -2.12. The summed E-state index contributed by atoms with van der Waals surface area (Å²) >= 11 is 0. The van der Waals surface area contributed by atoms with Gasteiger partial charge in [-0.1, -0.05) is 6.07 Å². The van der Waals surface area contributed by atoms with Gasteiger partial charge in [0.15, 0.2) is 5.78 Å². The van der Waals surface area contributed by atoms with Crippen molar-refractivity contribution >= 4 is 17.4 Å². The first kappa shape index (κ1) is 17.0. The first-order chi connectivity index (χ1) is 12.4. The molecule has 0 unspecified atom stereocenters. The van der Waals surface area contributed by atoms with E-state index in [-0.39, 0.29) is 22.4 Å². The van der Waals surface area contributed by atoms with Crippen molar-refractivity contribution in [1.82, 2.24) is 9.78 Å². The summed E-state index contributed by atoms with van der Waals surface area (Å²) in [5.41, 5.74) is -0.573. The highest BCUT2D eigenvalue weighted by molar-refractivity contribution is 6.10. The molecule has 130 valence electrons. The fraction of sp³-hybridized carbons (Fsp3) is 0. The number of ketones is 1. The third kappa shape index (κ3) is 3.18. The Bertz CT molecular complexity index is 1040. The van der Waals surface area contributed by atoms with Crippen LogP contribution in [-0.2, 0) is 0 Å². The van der Waals surface area contributed by atoms with Gasteiger partial charge in [0.05, 0.1) is 22.2 Å². The summed E-state index contributed by atoms with van der Waals surface area (Å²) in [6.45, 7) is 0. The maximum absolute atomic E-state index is 13.3. The molecule has 0 atom stereocenters. The first-order valence-corrected chi connectivity index (χ1v) is 7.24. The van der Waals surface area contributed by atoms with Crippen LogP contribution >= 0.6 is 0 Å². The highest BCUT2D eigenvalue weighted by Gasteiger charge is 2.19. The smallest absolute Gasteiger partial charge is 0.278 e. The van der Waals surface area contributed by atoms with Crippen LogP contribution in [0.25, 0.3) is 0 Å². The van der Waals surface area contributed by atoms with Gasteiger partial charge in [0.1, 0.15) is 11.6 Å². The van der Waals surface area contributed by atoms with E-state index in [9.17, 15) is 29.2 Å². The molecule has 26 heavy (non-hydrogen) atoms. The van der Waals surface area contributed by atoms with Gasteiger partial charge in [0.2, 0.25) is 0 Å². The second-order valence-corrected chi connectivity index (χ2v) is 5.28. The zero-order valence-corrected chi connectivity index (χ0v) is 13.0. The van der Waals surface area contributed by atoms with E-state index in [2.05, 4.69) is 5.10 Å². The number of phenols is 1. The number of carbonyl (C=O) groups is 2. The van der Waals surface area contributed by atoms with Crippen LogP contribution in [0.4, 0.5) is 10.1 Å². The fourth-order valence-corrected chi connectivity index (χ4v) is 2.28. The van der Waals surface area contributed by atoms with Gasteiger partial charge in [-0.25, -0.2) is 9.07 Å². The normalized spacial score (nSPS) is 10.5. The number of phenolic OH excluding ortho intramolecular Hbond substituents is 1. The minimum atomic E-state index is -0.722. The molecule has 0 amide bonds. The maximum atomic E-state index is 13.3. The standard InChI is InChI=1S/C17H10FN3O5/c18-12-4-5-15(22)14(7-12)16(23)11-8-19-20(9-11)17(24)10-2-1-3-13(6-10)21(25)26/h1-9,22H. The monoisotopic (exact) mass is 355 g/mol. The Kier molecular flexibility index (Phi) is 4.27. The summed E-state index contributed by atoms with van der Waals surface area (Å²) in [6.07, 6.45) is 2.19. The number of rotatable bonds is 4. The van der Waals surface area contributed by atoms with E-state index in [0.717, 1.165) is 41.3 Å². The van der Waals surface area contributed by atoms with E-state index in [4.69, 9.17) is 0 Å². The van der Waals surface area contributed by atoms with Crippen molar-refractivity contribution in [2.75, 3.05) is 0 Å². The molecule has 8 nitrogen and oxygen atoms in total. The lowest BCUT2D eigenvalue weighted by atomic mass is 10.1. The summed E-state index contributed by atoms with van der Waals surface area (Å²) in [4.78, 5) is 34.9. The molecule has 1 N–H and O–H groups in total. The number of nitro groups is 1. The van der Waals surface area contributed by atoms with Crippen LogP contribution in [0, 0.1) is 15.9 Å². The number of non-ortho nitro benzene ring substituents is 1. The second kappa shape index (κ2) is 6.55. The molecule has 0 saturated heterocycles. The largest absolute Gasteiger partial charge is 0.507 e. The Hall–Kier alpha value is -3.88. The number of hydrogen-bond donors (Lipinski definition) is 1. The molecule has 1 heterocycles. The molecule has 0 radical (unpaired) electrons. The average molecular weight is 355 g/mol. The predicted octanol–water partition coefficient (Wildman–Crippen LogP) is 2.56. The molecule has 0 aliphatic carbocycles. The number of nitrogens with zero attached hydrogens (tertiary/aromatic N) is 3. The van der Waals surface area contributed by atoms with E-state index < -0.39 is 28.2 Å². The van der Waals surface area contributed by atoms with Crippen LogP contribution in [0.3, 0.4) is 0 Å². The van der Waals surface area contributed by atoms with E-state index in [1.165, 1.54) is 18.2 Å². The summed E-state index contributed by atoms with van der Waals surface area (Å²) in [6, 6.07) is 7.97. The molecule has 0 spiro atoms. The molecule has 0 saturated carbocycles. The van der Waals surface area contributed by atoms with Gasteiger partial charge in [0.25, 0.3) is 11.6 Å². The van der Waals surface area contributed by atoms with E-state index in [1.54, 1.807) is 0 Å². The summed E-state index contributed by atoms with van der Waals surface area (Å²) in [5, 5.41) is 24.3. The van der Waals surface area contributed by atoms with Gasteiger partial charge in [-0.15, -0.1) is 0 Å². The molecule has 9 heteroatoms. The van der Waals surface area contributed by atoms with E-state index in [1.807, 2.05) is 0 Å². The van der Waals surface area contributed by atoms with Crippen LogP contribution in [-0.4, -0.2) is 31.5 Å². The van der Waals surface area contributed by atoms with Gasteiger partial charge < -0.3 is 5.11 Å². The van der Waals surface area contributed by atoms with Crippen LogP contribution in [0.1, 0.15) is 26.3 Å². The Morgan fingerprint density at radius 2 is 1.92 bits per heavy atom. The molecule has 0 bridgehead atoms. The van der Waals surface area contributed by atoms with E-state index in [0.29, 0.717) is 0 Å². The Balaban J connectivity index is 1.91. The zero-order valence-electron chi connectivity index (χ0n) is 13.0. The van der Waals surface area contributed by atoms with Crippen molar-refractivity contribution in [2.45, 2.75) is 0 Å². The van der Waals surface area contributed by atoms with Crippen molar-refractivity contribution < 1.29 is 24.0 Å². The Morgan fingerprint density at radius 3 is 2.65 bits per heavy atom. The lowest BCUT2D eigenvalue weighted by molar-refractivity contribution is -0.384. The van der Waals surface area contributed by atoms with Crippen LogP contribution in [0.5, 0.6) is 5.75 Å². The maximum Gasteiger partial charge on any atom is 0.278 e. The van der Waals surface area contributed by atoms with Gasteiger partial charge in [-0.3, -0.25) is 19.7 Å². The highest BCUT2D eigenvalue weighted by atomic mass is 19.1. The summed E-state index contributed by atoms with van der Waals surface area (Å²) < 4.78 is 14.1. The van der Waals surface area contributed by atoms with Crippen LogP contribution < -0.4 is 0 Å². The number of nitro benzene ring substituents is 1. The SMILES string of the molecule is O=C(c1cnn(C(=O)c2cccc([N+](=O)[O-])c2)c1)c1cc(F)ccc1O. The van der Waals surface area contributed by atoms with Crippen LogP contribution in [0.15, 0.2) is 54.9 Å². The van der Waals surface area contributed by atoms with Gasteiger partial charge in [0, 0.05) is 23.9 Å². The molecular formula is C17H10FN3O5. The Labute approximate surface area is 145 Å². The predicted molar refractivity (Wildman–Crippen MR) is 86.5 cm³/mol. The minimum absolute atomic E-state index is 0.00917. The number of benzene rings is 2. The third-order valence-electron chi connectivity index (χ3n) is 3.56. The van der Waals surface area contributed by atoms with Crippen molar-refractivity contribution in [3.8, 4) is 5.75 Å².